The van der Waals surface area contributed by atoms with Crippen molar-refractivity contribution in [2.24, 2.45) is 5.92 Å². The van der Waals surface area contributed by atoms with Crippen LogP contribution in [-0.4, -0.2) is 28.5 Å². The van der Waals surface area contributed by atoms with Crippen LogP contribution in [0.25, 0.3) is 11.0 Å². The molecule has 1 amide bonds. The Morgan fingerprint density at radius 3 is 3.00 bits per heavy atom. The fourth-order valence-corrected chi connectivity index (χ4v) is 2.95. The molecule has 0 bridgehead atoms. The highest BCUT2D eigenvalue weighted by molar-refractivity contribution is 5.93. The summed E-state index contributed by atoms with van der Waals surface area (Å²) in [5, 5.41) is 6.32. The summed E-state index contributed by atoms with van der Waals surface area (Å²) in [7, 11) is 0. The molecular weight excluding hydrogens is 264 g/mol. The molecule has 2 aromatic rings. The molecule has 5 nitrogen and oxygen atoms in total. The van der Waals surface area contributed by atoms with Crippen LogP contribution in [0.4, 0.5) is 5.69 Å². The number of carbonyl (C=O) groups excluding carboxylic acids is 1. The normalized spacial score (nSPS) is 16.2. The van der Waals surface area contributed by atoms with Gasteiger partial charge in [0.05, 0.1) is 17.4 Å². The summed E-state index contributed by atoms with van der Waals surface area (Å²) in [4.78, 5) is 16.5. The number of nitrogens with one attached hydrogen (secondary N) is 2. The zero-order chi connectivity index (χ0) is 14.7. The Hall–Kier alpha value is -1.88. The van der Waals surface area contributed by atoms with E-state index >= 15 is 0 Å². The van der Waals surface area contributed by atoms with Crippen LogP contribution in [0.5, 0.6) is 0 Å². The van der Waals surface area contributed by atoms with E-state index in [-0.39, 0.29) is 5.91 Å². The summed E-state index contributed by atoms with van der Waals surface area (Å²) in [5.74, 6) is 0.616. The SMILES string of the molecule is CCn1cnc2cc(NC(=O)CC3CCNCC3)ccc21. The highest BCUT2D eigenvalue weighted by Crippen LogP contribution is 2.20. The molecule has 21 heavy (non-hydrogen) atoms. The maximum atomic E-state index is 12.1. The highest BCUT2D eigenvalue weighted by Gasteiger charge is 2.16. The molecule has 1 fully saturated rings. The van der Waals surface area contributed by atoms with Gasteiger partial charge < -0.3 is 15.2 Å². The van der Waals surface area contributed by atoms with Crippen LogP contribution in [0.15, 0.2) is 24.5 Å². The van der Waals surface area contributed by atoms with Crippen molar-refractivity contribution in [2.45, 2.75) is 32.7 Å². The van der Waals surface area contributed by atoms with Gasteiger partial charge in [0.25, 0.3) is 0 Å². The second kappa shape index (κ2) is 6.26. The summed E-state index contributed by atoms with van der Waals surface area (Å²) in [6.07, 6.45) is 4.63. The minimum atomic E-state index is 0.108. The summed E-state index contributed by atoms with van der Waals surface area (Å²) in [6, 6.07) is 5.92. The van der Waals surface area contributed by atoms with E-state index in [1.165, 1.54) is 0 Å². The molecule has 1 aliphatic heterocycles. The molecule has 0 radical (unpaired) electrons. The van der Waals surface area contributed by atoms with Gasteiger partial charge in [0.2, 0.25) is 5.91 Å². The van der Waals surface area contributed by atoms with Gasteiger partial charge in [-0.3, -0.25) is 4.79 Å². The van der Waals surface area contributed by atoms with Gasteiger partial charge in [-0.05, 0) is 57.0 Å². The smallest absolute Gasteiger partial charge is 0.224 e. The van der Waals surface area contributed by atoms with Gasteiger partial charge in [0.1, 0.15) is 0 Å². The van der Waals surface area contributed by atoms with Crippen LogP contribution in [0.2, 0.25) is 0 Å². The van der Waals surface area contributed by atoms with Crippen LogP contribution < -0.4 is 10.6 Å². The van der Waals surface area contributed by atoms with Crippen LogP contribution in [0.1, 0.15) is 26.2 Å². The number of amides is 1. The highest BCUT2D eigenvalue weighted by atomic mass is 16.1. The molecule has 0 atom stereocenters. The summed E-state index contributed by atoms with van der Waals surface area (Å²) in [6.45, 7) is 5.05. The second-order valence-electron chi connectivity index (χ2n) is 5.68. The van der Waals surface area contributed by atoms with Gasteiger partial charge >= 0.3 is 0 Å². The first kappa shape index (κ1) is 14.1. The first-order chi connectivity index (χ1) is 10.3. The molecule has 0 spiro atoms. The molecular formula is C16H22N4O. The van der Waals surface area contributed by atoms with Crippen LogP contribution in [-0.2, 0) is 11.3 Å². The maximum absolute atomic E-state index is 12.1. The molecule has 1 aromatic heterocycles. The van der Waals surface area contributed by atoms with Gasteiger partial charge in [0, 0.05) is 18.7 Å². The van der Waals surface area contributed by atoms with E-state index in [2.05, 4.69) is 27.1 Å². The van der Waals surface area contributed by atoms with Crippen molar-refractivity contribution in [1.82, 2.24) is 14.9 Å². The van der Waals surface area contributed by atoms with Crippen molar-refractivity contribution < 1.29 is 4.79 Å². The lowest BCUT2D eigenvalue weighted by Crippen LogP contribution is -2.30. The maximum Gasteiger partial charge on any atom is 0.224 e. The van der Waals surface area contributed by atoms with E-state index in [9.17, 15) is 4.79 Å². The summed E-state index contributed by atoms with van der Waals surface area (Å²) >= 11 is 0. The predicted molar refractivity (Wildman–Crippen MR) is 84.2 cm³/mol. The number of carbonyl (C=O) groups is 1. The second-order valence-corrected chi connectivity index (χ2v) is 5.68. The van der Waals surface area contributed by atoms with Crippen molar-refractivity contribution >= 4 is 22.6 Å². The Labute approximate surface area is 124 Å². The van der Waals surface area contributed by atoms with Crippen molar-refractivity contribution in [3.63, 3.8) is 0 Å². The number of hydrogen-bond donors (Lipinski definition) is 2. The molecule has 0 saturated carbocycles. The van der Waals surface area contributed by atoms with E-state index in [0.29, 0.717) is 12.3 Å². The third-order valence-electron chi connectivity index (χ3n) is 4.18. The number of anilines is 1. The zero-order valence-corrected chi connectivity index (χ0v) is 12.4. The third-order valence-corrected chi connectivity index (χ3v) is 4.18. The largest absolute Gasteiger partial charge is 0.331 e. The van der Waals surface area contributed by atoms with Gasteiger partial charge in [-0.25, -0.2) is 4.98 Å². The molecule has 5 heteroatoms. The zero-order valence-electron chi connectivity index (χ0n) is 12.4. The summed E-state index contributed by atoms with van der Waals surface area (Å²) in [5.41, 5.74) is 2.87. The molecule has 0 aliphatic carbocycles. The Kier molecular flexibility index (Phi) is 4.20. The van der Waals surface area contributed by atoms with Crippen LogP contribution in [0, 0.1) is 5.92 Å². The number of fused-ring (bicyclic) bond motifs is 1. The average molecular weight is 286 g/mol. The predicted octanol–water partition coefficient (Wildman–Crippen LogP) is 2.38. The van der Waals surface area contributed by atoms with Gasteiger partial charge in [0.15, 0.2) is 0 Å². The molecule has 2 heterocycles. The van der Waals surface area contributed by atoms with E-state index in [1.807, 2.05) is 24.5 Å². The van der Waals surface area contributed by atoms with E-state index < -0.39 is 0 Å². The van der Waals surface area contributed by atoms with Crippen LogP contribution >= 0.6 is 0 Å². The molecule has 1 aliphatic rings. The first-order valence-corrected chi connectivity index (χ1v) is 7.71. The van der Waals surface area contributed by atoms with Crippen molar-refractivity contribution in [3.8, 4) is 0 Å². The van der Waals surface area contributed by atoms with Gasteiger partial charge in [-0.15, -0.1) is 0 Å². The fraction of sp³-hybridized carbons (Fsp3) is 0.500. The number of aromatic nitrogens is 2. The lowest BCUT2D eigenvalue weighted by molar-refractivity contribution is -0.117. The third kappa shape index (κ3) is 3.24. The standard InChI is InChI=1S/C16H22N4O/c1-2-20-11-18-14-10-13(3-4-15(14)20)19-16(21)9-12-5-7-17-8-6-12/h3-4,10-12,17H,2,5-9H2,1H3,(H,19,21). The topological polar surface area (TPSA) is 59.0 Å². The number of rotatable bonds is 4. The first-order valence-electron chi connectivity index (χ1n) is 7.71. The number of nitrogens with zero attached hydrogens (tertiary/aromatic N) is 2. The van der Waals surface area contributed by atoms with Crippen molar-refractivity contribution in [3.05, 3.63) is 24.5 Å². The minimum absolute atomic E-state index is 0.108. The number of piperidine rings is 1. The van der Waals surface area contributed by atoms with Gasteiger partial charge in [-0.2, -0.15) is 0 Å². The Morgan fingerprint density at radius 2 is 2.24 bits per heavy atom. The van der Waals surface area contributed by atoms with Crippen LogP contribution in [0.3, 0.4) is 0 Å². The molecule has 1 saturated heterocycles. The minimum Gasteiger partial charge on any atom is -0.331 e. The lowest BCUT2D eigenvalue weighted by Gasteiger charge is -2.21. The molecule has 1 aromatic carbocycles. The van der Waals surface area contributed by atoms with Crippen molar-refractivity contribution in [2.75, 3.05) is 18.4 Å². The molecule has 112 valence electrons. The molecule has 2 N–H and O–H groups in total. The Morgan fingerprint density at radius 1 is 1.43 bits per heavy atom. The average Bonchev–Trinajstić information content (AvgIpc) is 2.90. The monoisotopic (exact) mass is 286 g/mol. The van der Waals surface area contributed by atoms with E-state index in [0.717, 1.165) is 49.2 Å². The van der Waals surface area contributed by atoms with E-state index in [4.69, 9.17) is 0 Å². The number of benzene rings is 1. The molecule has 0 unspecified atom stereocenters. The van der Waals surface area contributed by atoms with E-state index in [1.54, 1.807) is 0 Å². The quantitative estimate of drug-likeness (QED) is 0.907. The summed E-state index contributed by atoms with van der Waals surface area (Å²) < 4.78 is 2.09. The fourth-order valence-electron chi connectivity index (χ4n) is 2.95. The van der Waals surface area contributed by atoms with Crippen molar-refractivity contribution in [1.29, 1.82) is 0 Å². The number of imidazole rings is 1. The number of hydrogen-bond acceptors (Lipinski definition) is 3. The Balaban J connectivity index is 1.65. The van der Waals surface area contributed by atoms with Gasteiger partial charge in [-0.1, -0.05) is 0 Å². The molecule has 3 rings (SSSR count). The Bertz CT molecular complexity index is 628. The number of aryl methyl sites for hydroxylation is 1. The lowest BCUT2D eigenvalue weighted by atomic mass is 9.94.